The van der Waals surface area contributed by atoms with E-state index in [1.165, 1.54) is 17.3 Å². The molecule has 126 valence electrons. The van der Waals surface area contributed by atoms with E-state index in [-0.39, 0.29) is 5.56 Å². The summed E-state index contributed by atoms with van der Waals surface area (Å²) >= 11 is 0. The molecule has 3 nitrogen and oxygen atoms in total. The fraction of sp³-hybridized carbons (Fsp3) is 0.316. The fourth-order valence-corrected chi connectivity index (χ4v) is 3.05. The number of nitrogens with zero attached hydrogens (tertiary/aromatic N) is 1. The summed E-state index contributed by atoms with van der Waals surface area (Å²) < 4.78 is 26.1. The molecule has 2 aromatic rings. The summed E-state index contributed by atoms with van der Waals surface area (Å²) in [6, 6.07) is 9.55. The molecule has 3 rings (SSSR count). The van der Waals surface area contributed by atoms with Gasteiger partial charge in [-0.2, -0.15) is 0 Å². The molecule has 0 radical (unpaired) electrons. The molecule has 0 spiro atoms. The van der Waals surface area contributed by atoms with Crippen molar-refractivity contribution in [1.29, 1.82) is 0 Å². The molecule has 24 heavy (non-hydrogen) atoms. The van der Waals surface area contributed by atoms with Gasteiger partial charge in [0.2, 0.25) is 0 Å². The van der Waals surface area contributed by atoms with E-state index < -0.39 is 17.5 Å². The van der Waals surface area contributed by atoms with Gasteiger partial charge in [0.15, 0.2) is 11.6 Å². The number of hydrogen-bond donors (Lipinski definition) is 1. The zero-order chi connectivity index (χ0) is 17.1. The van der Waals surface area contributed by atoms with Crippen molar-refractivity contribution in [1.82, 2.24) is 5.32 Å². The van der Waals surface area contributed by atoms with Crippen LogP contribution in [0.15, 0.2) is 36.4 Å². The standard InChI is InChI=1S/C19H20F2N2O/c1-23-10-2-3-14-11-13(4-7-18(14)23)8-9-22-19(24)15-5-6-16(20)17(21)12-15/h4-7,11-12H,2-3,8-10H2,1H3,(H,22,24). The molecule has 1 N–H and O–H groups in total. The second kappa shape index (κ2) is 6.99. The first kappa shape index (κ1) is 16.4. The molecule has 0 saturated heterocycles. The van der Waals surface area contributed by atoms with Crippen LogP contribution >= 0.6 is 0 Å². The summed E-state index contributed by atoms with van der Waals surface area (Å²) in [6.45, 7) is 1.53. The second-order valence-corrected chi connectivity index (χ2v) is 6.12. The van der Waals surface area contributed by atoms with Crippen LogP contribution in [0.25, 0.3) is 0 Å². The molecule has 0 unspecified atom stereocenters. The highest BCUT2D eigenvalue weighted by Gasteiger charge is 2.14. The zero-order valence-corrected chi connectivity index (χ0v) is 13.6. The molecule has 1 aliphatic heterocycles. The summed E-state index contributed by atoms with van der Waals surface area (Å²) in [5.74, 6) is -2.36. The van der Waals surface area contributed by atoms with Crippen molar-refractivity contribution < 1.29 is 13.6 Å². The molecule has 5 heteroatoms. The van der Waals surface area contributed by atoms with Gasteiger partial charge in [-0.25, -0.2) is 8.78 Å². The van der Waals surface area contributed by atoms with Gasteiger partial charge in [-0.05, 0) is 54.7 Å². The van der Waals surface area contributed by atoms with Crippen LogP contribution in [0.4, 0.5) is 14.5 Å². The maximum atomic E-state index is 13.2. The summed E-state index contributed by atoms with van der Waals surface area (Å²) in [4.78, 5) is 14.2. The summed E-state index contributed by atoms with van der Waals surface area (Å²) in [5.41, 5.74) is 3.90. The minimum absolute atomic E-state index is 0.126. The average Bonchev–Trinajstić information content (AvgIpc) is 2.57. The number of amides is 1. The van der Waals surface area contributed by atoms with E-state index in [4.69, 9.17) is 0 Å². The number of carbonyl (C=O) groups excluding carboxylic acids is 1. The topological polar surface area (TPSA) is 32.3 Å². The van der Waals surface area contributed by atoms with E-state index in [2.05, 4.69) is 35.5 Å². The zero-order valence-electron chi connectivity index (χ0n) is 13.6. The number of nitrogens with one attached hydrogen (secondary N) is 1. The van der Waals surface area contributed by atoms with Crippen molar-refractivity contribution in [2.45, 2.75) is 19.3 Å². The molecule has 0 bridgehead atoms. The van der Waals surface area contributed by atoms with E-state index in [1.807, 2.05) is 0 Å². The van der Waals surface area contributed by atoms with Crippen molar-refractivity contribution in [3.05, 3.63) is 64.7 Å². The van der Waals surface area contributed by atoms with E-state index >= 15 is 0 Å². The molecule has 0 fully saturated rings. The minimum Gasteiger partial charge on any atom is -0.374 e. The molecule has 2 aromatic carbocycles. The predicted molar refractivity (Wildman–Crippen MR) is 90.4 cm³/mol. The number of fused-ring (bicyclic) bond motifs is 1. The highest BCUT2D eigenvalue weighted by atomic mass is 19.2. The smallest absolute Gasteiger partial charge is 0.251 e. The van der Waals surface area contributed by atoms with Gasteiger partial charge in [-0.1, -0.05) is 12.1 Å². The lowest BCUT2D eigenvalue weighted by Crippen LogP contribution is -2.26. The molecule has 0 saturated carbocycles. The molecule has 0 atom stereocenters. The van der Waals surface area contributed by atoms with E-state index in [1.54, 1.807) is 0 Å². The van der Waals surface area contributed by atoms with Crippen LogP contribution in [0.1, 0.15) is 27.9 Å². The third kappa shape index (κ3) is 3.55. The van der Waals surface area contributed by atoms with Crippen molar-refractivity contribution in [2.75, 3.05) is 25.0 Å². The Kier molecular flexibility index (Phi) is 4.79. The maximum absolute atomic E-state index is 13.2. The number of halogens is 2. The molecular formula is C19H20F2N2O. The van der Waals surface area contributed by atoms with Crippen molar-refractivity contribution in [3.63, 3.8) is 0 Å². The number of anilines is 1. The Balaban J connectivity index is 1.58. The van der Waals surface area contributed by atoms with Gasteiger partial charge in [0, 0.05) is 31.4 Å². The lowest BCUT2D eigenvalue weighted by Gasteiger charge is -2.27. The van der Waals surface area contributed by atoms with Crippen molar-refractivity contribution in [2.24, 2.45) is 0 Å². The van der Waals surface area contributed by atoms with Crippen LogP contribution in [0.2, 0.25) is 0 Å². The first-order chi connectivity index (χ1) is 11.5. The lowest BCUT2D eigenvalue weighted by atomic mass is 9.98. The van der Waals surface area contributed by atoms with Gasteiger partial charge in [0.1, 0.15) is 0 Å². The first-order valence-electron chi connectivity index (χ1n) is 8.11. The monoisotopic (exact) mass is 330 g/mol. The number of carbonyl (C=O) groups is 1. The Bertz CT molecular complexity index is 761. The van der Waals surface area contributed by atoms with Crippen LogP contribution in [-0.2, 0) is 12.8 Å². The Hall–Kier alpha value is -2.43. The van der Waals surface area contributed by atoms with Crippen molar-refractivity contribution in [3.8, 4) is 0 Å². The lowest BCUT2D eigenvalue weighted by molar-refractivity contribution is 0.0953. The maximum Gasteiger partial charge on any atom is 0.251 e. The molecule has 1 aliphatic rings. The van der Waals surface area contributed by atoms with E-state index in [0.717, 1.165) is 37.1 Å². The molecule has 0 aliphatic carbocycles. The van der Waals surface area contributed by atoms with Gasteiger partial charge >= 0.3 is 0 Å². The first-order valence-corrected chi connectivity index (χ1v) is 8.11. The predicted octanol–water partition coefficient (Wildman–Crippen LogP) is 3.32. The van der Waals surface area contributed by atoms with Crippen LogP contribution in [0.5, 0.6) is 0 Å². The summed E-state index contributed by atoms with van der Waals surface area (Å²) in [6.07, 6.45) is 2.93. The number of hydrogen-bond acceptors (Lipinski definition) is 2. The number of rotatable bonds is 4. The van der Waals surface area contributed by atoms with Crippen LogP contribution in [-0.4, -0.2) is 26.0 Å². The van der Waals surface area contributed by atoms with Gasteiger partial charge in [-0.3, -0.25) is 4.79 Å². The highest BCUT2D eigenvalue weighted by Crippen LogP contribution is 2.26. The van der Waals surface area contributed by atoms with E-state index in [9.17, 15) is 13.6 Å². The number of aryl methyl sites for hydroxylation is 1. The van der Waals surface area contributed by atoms with Gasteiger partial charge in [-0.15, -0.1) is 0 Å². The molecule has 1 heterocycles. The quantitative estimate of drug-likeness (QED) is 0.933. The Morgan fingerprint density at radius 1 is 1.17 bits per heavy atom. The Morgan fingerprint density at radius 3 is 2.79 bits per heavy atom. The highest BCUT2D eigenvalue weighted by molar-refractivity contribution is 5.94. The van der Waals surface area contributed by atoms with Crippen LogP contribution in [0, 0.1) is 11.6 Å². The Labute approximate surface area is 140 Å². The number of benzene rings is 2. The normalized spacial score (nSPS) is 13.5. The molecular weight excluding hydrogens is 310 g/mol. The van der Waals surface area contributed by atoms with Gasteiger partial charge in [0.25, 0.3) is 5.91 Å². The van der Waals surface area contributed by atoms with Crippen LogP contribution < -0.4 is 10.2 Å². The van der Waals surface area contributed by atoms with Crippen molar-refractivity contribution >= 4 is 11.6 Å². The SMILES string of the molecule is CN1CCCc2cc(CCNC(=O)c3ccc(F)c(F)c3)ccc21. The third-order valence-electron chi connectivity index (χ3n) is 4.38. The summed E-state index contributed by atoms with van der Waals surface area (Å²) in [5, 5.41) is 2.74. The largest absolute Gasteiger partial charge is 0.374 e. The Morgan fingerprint density at radius 2 is 2.00 bits per heavy atom. The minimum atomic E-state index is -1.01. The van der Waals surface area contributed by atoms with Gasteiger partial charge < -0.3 is 10.2 Å². The van der Waals surface area contributed by atoms with E-state index in [0.29, 0.717) is 13.0 Å². The van der Waals surface area contributed by atoms with Crippen LogP contribution in [0.3, 0.4) is 0 Å². The van der Waals surface area contributed by atoms with Gasteiger partial charge in [0.05, 0.1) is 0 Å². The third-order valence-corrected chi connectivity index (χ3v) is 4.38. The fourth-order valence-electron chi connectivity index (χ4n) is 3.05. The molecule has 1 amide bonds. The second-order valence-electron chi connectivity index (χ2n) is 6.12. The average molecular weight is 330 g/mol. The molecule has 0 aromatic heterocycles. The summed E-state index contributed by atoms with van der Waals surface area (Å²) in [7, 11) is 2.10.